The topological polar surface area (TPSA) is 58.2 Å². The lowest BCUT2D eigenvalue weighted by Gasteiger charge is -2.13. The van der Waals surface area contributed by atoms with Crippen LogP contribution in [0.3, 0.4) is 0 Å². The fourth-order valence-corrected chi connectivity index (χ4v) is 3.25. The number of carbonyl (C=O) groups is 2. The van der Waals surface area contributed by atoms with Crippen molar-refractivity contribution in [3.05, 3.63) is 76.8 Å². The van der Waals surface area contributed by atoms with Crippen LogP contribution in [0.4, 0.5) is 5.69 Å². The van der Waals surface area contributed by atoms with Crippen LogP contribution >= 0.6 is 11.6 Å². The Hall–Kier alpha value is -2.85. The molecule has 0 atom stereocenters. The first kappa shape index (κ1) is 17.6. The summed E-state index contributed by atoms with van der Waals surface area (Å²) >= 11 is 6.07. The molecule has 2 amide bonds. The van der Waals surface area contributed by atoms with E-state index in [1.807, 2.05) is 36.4 Å². The van der Waals surface area contributed by atoms with Crippen molar-refractivity contribution in [3.8, 4) is 0 Å². The molecule has 1 saturated carbocycles. The van der Waals surface area contributed by atoms with Crippen LogP contribution in [0.5, 0.6) is 0 Å². The second kappa shape index (κ2) is 7.41. The maximum absolute atomic E-state index is 12.9. The third-order valence-corrected chi connectivity index (χ3v) is 4.99. The lowest BCUT2D eigenvalue weighted by atomic mass is 10.0. The fraction of sp³-hybridized carbons (Fsp3) is 0.182. The van der Waals surface area contributed by atoms with E-state index in [2.05, 4.69) is 10.6 Å². The molecule has 3 aromatic rings. The Morgan fingerprint density at radius 3 is 2.52 bits per heavy atom. The third-order valence-electron chi connectivity index (χ3n) is 4.76. The summed E-state index contributed by atoms with van der Waals surface area (Å²) < 4.78 is 0. The first-order chi connectivity index (χ1) is 13.1. The molecule has 5 heteroatoms. The summed E-state index contributed by atoms with van der Waals surface area (Å²) in [6.45, 7) is 0.655. The number of hydrogen-bond donors (Lipinski definition) is 2. The van der Waals surface area contributed by atoms with E-state index in [0.29, 0.717) is 34.3 Å². The lowest BCUT2D eigenvalue weighted by Crippen LogP contribution is -2.27. The number of nitrogens with one attached hydrogen (secondary N) is 2. The van der Waals surface area contributed by atoms with Gasteiger partial charge in [-0.3, -0.25) is 9.59 Å². The zero-order chi connectivity index (χ0) is 18.8. The van der Waals surface area contributed by atoms with Crippen LogP contribution in [0.2, 0.25) is 5.02 Å². The van der Waals surface area contributed by atoms with Gasteiger partial charge in [0.15, 0.2) is 0 Å². The molecule has 2 N–H and O–H groups in total. The Balaban J connectivity index is 1.61. The molecule has 0 radical (unpaired) electrons. The number of halogens is 1. The molecule has 0 aromatic heterocycles. The van der Waals surface area contributed by atoms with Gasteiger partial charge in [-0.05, 0) is 53.8 Å². The van der Waals surface area contributed by atoms with E-state index >= 15 is 0 Å². The highest BCUT2D eigenvalue weighted by Gasteiger charge is 2.23. The van der Waals surface area contributed by atoms with Gasteiger partial charge in [-0.15, -0.1) is 0 Å². The standard InChI is InChI=1S/C22H19ClN2O2/c23-16-10-11-20(19(12-16)21(26)24-13-14-8-9-14)25-22(27)18-7-3-5-15-4-1-2-6-17(15)18/h1-7,10-12,14H,8-9,13H2,(H,24,26)(H,25,27). The second-order valence-electron chi connectivity index (χ2n) is 6.82. The second-order valence-corrected chi connectivity index (χ2v) is 7.26. The summed E-state index contributed by atoms with van der Waals surface area (Å²) in [5.41, 5.74) is 1.38. The van der Waals surface area contributed by atoms with E-state index in [9.17, 15) is 9.59 Å². The van der Waals surface area contributed by atoms with Crippen LogP contribution in [-0.4, -0.2) is 18.4 Å². The average molecular weight is 379 g/mol. The minimum atomic E-state index is -0.259. The first-order valence-electron chi connectivity index (χ1n) is 8.98. The van der Waals surface area contributed by atoms with Gasteiger partial charge in [-0.1, -0.05) is 48.0 Å². The molecule has 3 aromatic carbocycles. The molecule has 1 fully saturated rings. The molecule has 27 heavy (non-hydrogen) atoms. The van der Waals surface area contributed by atoms with E-state index in [1.165, 1.54) is 0 Å². The summed E-state index contributed by atoms with van der Waals surface area (Å²) in [5, 5.41) is 8.10. The maximum Gasteiger partial charge on any atom is 0.256 e. The minimum Gasteiger partial charge on any atom is -0.352 e. The molecule has 0 aliphatic heterocycles. The maximum atomic E-state index is 12.9. The number of hydrogen-bond acceptors (Lipinski definition) is 2. The smallest absolute Gasteiger partial charge is 0.256 e. The van der Waals surface area contributed by atoms with Crippen molar-refractivity contribution in [2.24, 2.45) is 5.92 Å². The summed E-state index contributed by atoms with van der Waals surface area (Å²) in [5.74, 6) is 0.0878. The van der Waals surface area contributed by atoms with E-state index in [1.54, 1.807) is 24.3 Å². The fourth-order valence-electron chi connectivity index (χ4n) is 3.08. The molecule has 0 heterocycles. The van der Waals surface area contributed by atoms with E-state index in [0.717, 1.165) is 23.6 Å². The summed E-state index contributed by atoms with van der Waals surface area (Å²) in [4.78, 5) is 25.4. The van der Waals surface area contributed by atoms with Crippen molar-refractivity contribution in [2.45, 2.75) is 12.8 Å². The molecule has 0 saturated heterocycles. The highest BCUT2D eigenvalue weighted by molar-refractivity contribution is 6.31. The van der Waals surface area contributed by atoms with Gasteiger partial charge in [0, 0.05) is 17.1 Å². The molecule has 136 valence electrons. The quantitative estimate of drug-likeness (QED) is 0.664. The van der Waals surface area contributed by atoms with Crippen molar-refractivity contribution in [3.63, 3.8) is 0 Å². The molecular weight excluding hydrogens is 360 g/mol. The van der Waals surface area contributed by atoms with Gasteiger partial charge < -0.3 is 10.6 Å². The average Bonchev–Trinajstić information content (AvgIpc) is 3.51. The highest BCUT2D eigenvalue weighted by Crippen LogP contribution is 2.28. The molecule has 0 unspecified atom stereocenters. The molecule has 1 aliphatic carbocycles. The zero-order valence-electron chi connectivity index (χ0n) is 14.7. The Kier molecular flexibility index (Phi) is 4.82. The Morgan fingerprint density at radius 1 is 0.926 bits per heavy atom. The van der Waals surface area contributed by atoms with Crippen molar-refractivity contribution in [1.29, 1.82) is 0 Å². The number of fused-ring (bicyclic) bond motifs is 1. The number of amides is 2. The molecule has 0 spiro atoms. The predicted molar refractivity (Wildman–Crippen MR) is 108 cm³/mol. The van der Waals surface area contributed by atoms with Crippen LogP contribution in [0, 0.1) is 5.92 Å². The van der Waals surface area contributed by atoms with Crippen LogP contribution in [0.15, 0.2) is 60.7 Å². The van der Waals surface area contributed by atoms with Crippen LogP contribution in [0.25, 0.3) is 10.8 Å². The molecule has 0 bridgehead atoms. The van der Waals surface area contributed by atoms with Crippen LogP contribution in [0.1, 0.15) is 33.6 Å². The van der Waals surface area contributed by atoms with Gasteiger partial charge in [-0.2, -0.15) is 0 Å². The van der Waals surface area contributed by atoms with Gasteiger partial charge in [0.1, 0.15) is 0 Å². The largest absolute Gasteiger partial charge is 0.352 e. The number of rotatable bonds is 5. The van der Waals surface area contributed by atoms with Gasteiger partial charge in [0.25, 0.3) is 11.8 Å². The first-order valence-corrected chi connectivity index (χ1v) is 9.36. The van der Waals surface area contributed by atoms with Crippen molar-refractivity contribution < 1.29 is 9.59 Å². The third kappa shape index (κ3) is 3.96. The van der Waals surface area contributed by atoms with E-state index in [4.69, 9.17) is 11.6 Å². The van der Waals surface area contributed by atoms with Crippen LogP contribution in [-0.2, 0) is 0 Å². The monoisotopic (exact) mass is 378 g/mol. The normalized spacial score (nSPS) is 13.4. The zero-order valence-corrected chi connectivity index (χ0v) is 15.4. The molecule has 4 rings (SSSR count). The molecule has 4 nitrogen and oxygen atoms in total. The van der Waals surface area contributed by atoms with Gasteiger partial charge in [0.05, 0.1) is 11.3 Å². The minimum absolute atomic E-state index is 0.224. The summed E-state index contributed by atoms with van der Waals surface area (Å²) in [6.07, 6.45) is 2.31. The number of carbonyl (C=O) groups excluding carboxylic acids is 2. The van der Waals surface area contributed by atoms with Crippen molar-refractivity contribution in [1.82, 2.24) is 5.32 Å². The number of benzene rings is 3. The van der Waals surface area contributed by atoms with E-state index < -0.39 is 0 Å². The van der Waals surface area contributed by atoms with E-state index in [-0.39, 0.29) is 11.8 Å². The Bertz CT molecular complexity index is 1020. The van der Waals surface area contributed by atoms with Gasteiger partial charge in [0.2, 0.25) is 0 Å². The Morgan fingerprint density at radius 2 is 1.70 bits per heavy atom. The van der Waals surface area contributed by atoms with Gasteiger partial charge in [-0.25, -0.2) is 0 Å². The molecule has 1 aliphatic rings. The van der Waals surface area contributed by atoms with Crippen molar-refractivity contribution in [2.75, 3.05) is 11.9 Å². The lowest BCUT2D eigenvalue weighted by molar-refractivity contribution is 0.0952. The highest BCUT2D eigenvalue weighted by atomic mass is 35.5. The predicted octanol–water partition coefficient (Wildman–Crippen LogP) is 4.89. The number of anilines is 1. The van der Waals surface area contributed by atoms with Crippen LogP contribution < -0.4 is 10.6 Å². The summed E-state index contributed by atoms with van der Waals surface area (Å²) in [6, 6.07) is 18.2. The molecular formula is C22H19ClN2O2. The summed E-state index contributed by atoms with van der Waals surface area (Å²) in [7, 11) is 0. The Labute approximate surface area is 162 Å². The SMILES string of the molecule is O=C(NCC1CC1)c1cc(Cl)ccc1NC(=O)c1cccc2ccccc12. The van der Waals surface area contributed by atoms with Crippen molar-refractivity contribution >= 4 is 39.9 Å². The van der Waals surface area contributed by atoms with Gasteiger partial charge >= 0.3 is 0 Å².